The van der Waals surface area contributed by atoms with Crippen LogP contribution in [0.25, 0.3) is 28.0 Å². The Morgan fingerprint density at radius 1 is 0.909 bits per heavy atom. The minimum absolute atomic E-state index is 0.216. The number of halogens is 1. The Hall–Kier alpha value is -3.50. The van der Waals surface area contributed by atoms with Crippen LogP contribution in [0.2, 0.25) is 0 Å². The highest BCUT2D eigenvalue weighted by atomic mass is 19.1. The molecule has 2 aliphatic rings. The van der Waals surface area contributed by atoms with E-state index in [9.17, 15) is 4.39 Å². The molecule has 2 aromatic heterocycles. The van der Waals surface area contributed by atoms with E-state index in [0.29, 0.717) is 17.5 Å². The summed E-state index contributed by atoms with van der Waals surface area (Å²) in [5, 5.41) is 0. The summed E-state index contributed by atoms with van der Waals surface area (Å²) >= 11 is 0. The second kappa shape index (κ2) is 8.45. The molecule has 0 radical (unpaired) electrons. The van der Waals surface area contributed by atoms with Crippen LogP contribution in [-0.2, 0) is 0 Å². The standard InChI is InChI=1S/C29H26FN3/c30-27-9-5-4-8-25(27)29-28(21-10-13-31-14-11-21)26(18-32-29)22-12-15-33-19-23(17-24(33)16-22)20-6-2-1-3-7-20/h1-11,13-14,16,18,23-24,32H,12,15,17,19H2. The molecule has 1 fully saturated rings. The minimum Gasteiger partial charge on any atom is -0.360 e. The predicted molar refractivity (Wildman–Crippen MR) is 131 cm³/mol. The maximum atomic E-state index is 14.7. The lowest BCUT2D eigenvalue weighted by atomic mass is 9.90. The van der Waals surface area contributed by atoms with Crippen LogP contribution < -0.4 is 0 Å². The highest BCUT2D eigenvalue weighted by molar-refractivity contribution is 5.91. The third kappa shape index (κ3) is 3.70. The lowest BCUT2D eigenvalue weighted by Gasteiger charge is -2.28. The Balaban J connectivity index is 1.40. The lowest BCUT2D eigenvalue weighted by molar-refractivity contribution is 0.286. The Morgan fingerprint density at radius 3 is 2.52 bits per heavy atom. The SMILES string of the molecule is Fc1ccccc1-c1[nH]cc(C2=CC3CC(c4ccccc4)CN3CC2)c1-c1ccncc1. The van der Waals surface area contributed by atoms with Gasteiger partial charge >= 0.3 is 0 Å². The van der Waals surface area contributed by atoms with Gasteiger partial charge in [-0.2, -0.15) is 0 Å². The molecule has 2 aliphatic heterocycles. The molecular weight excluding hydrogens is 409 g/mol. The molecule has 4 heteroatoms. The van der Waals surface area contributed by atoms with Crippen molar-refractivity contribution in [2.45, 2.75) is 24.8 Å². The van der Waals surface area contributed by atoms with Crippen molar-refractivity contribution >= 4 is 5.57 Å². The van der Waals surface area contributed by atoms with E-state index in [-0.39, 0.29) is 5.82 Å². The number of rotatable bonds is 4. The van der Waals surface area contributed by atoms with Crippen molar-refractivity contribution in [3.63, 3.8) is 0 Å². The quantitative estimate of drug-likeness (QED) is 0.395. The van der Waals surface area contributed by atoms with E-state index in [1.54, 1.807) is 18.5 Å². The van der Waals surface area contributed by atoms with Crippen LogP contribution in [0.3, 0.4) is 0 Å². The van der Waals surface area contributed by atoms with Gasteiger partial charge in [-0.05, 0) is 59.7 Å². The summed E-state index contributed by atoms with van der Waals surface area (Å²) in [5.74, 6) is 0.359. The van der Waals surface area contributed by atoms with Crippen LogP contribution in [0.5, 0.6) is 0 Å². The number of aromatic nitrogens is 2. The smallest absolute Gasteiger partial charge is 0.132 e. The molecule has 0 spiro atoms. The number of H-pyrrole nitrogens is 1. The molecule has 0 aliphatic carbocycles. The zero-order chi connectivity index (χ0) is 22.2. The van der Waals surface area contributed by atoms with Gasteiger partial charge in [-0.15, -0.1) is 0 Å². The van der Waals surface area contributed by atoms with Crippen LogP contribution >= 0.6 is 0 Å². The molecule has 4 aromatic rings. The monoisotopic (exact) mass is 435 g/mol. The van der Waals surface area contributed by atoms with Crippen molar-refractivity contribution in [2.75, 3.05) is 13.1 Å². The van der Waals surface area contributed by atoms with E-state index in [4.69, 9.17) is 0 Å². The van der Waals surface area contributed by atoms with Crippen molar-refractivity contribution in [2.24, 2.45) is 0 Å². The first-order chi connectivity index (χ1) is 16.3. The second-order valence-electron chi connectivity index (χ2n) is 9.02. The highest BCUT2D eigenvalue weighted by Crippen LogP contribution is 2.43. The fourth-order valence-electron chi connectivity index (χ4n) is 5.51. The first-order valence-electron chi connectivity index (χ1n) is 11.6. The number of fused-ring (bicyclic) bond motifs is 1. The first-order valence-corrected chi connectivity index (χ1v) is 11.6. The molecule has 164 valence electrons. The number of hydrogen-bond acceptors (Lipinski definition) is 2. The summed E-state index contributed by atoms with van der Waals surface area (Å²) in [4.78, 5) is 10.2. The number of nitrogens with zero attached hydrogens (tertiary/aromatic N) is 2. The van der Waals surface area contributed by atoms with Crippen LogP contribution in [-0.4, -0.2) is 34.0 Å². The summed E-state index contributed by atoms with van der Waals surface area (Å²) in [6, 6.07) is 22.3. The van der Waals surface area contributed by atoms with Crippen molar-refractivity contribution in [3.05, 3.63) is 108 Å². The molecule has 0 amide bonds. The number of pyridine rings is 1. The second-order valence-corrected chi connectivity index (χ2v) is 9.02. The Labute approximate surface area is 193 Å². The van der Waals surface area contributed by atoms with E-state index >= 15 is 0 Å². The molecule has 4 heterocycles. The summed E-state index contributed by atoms with van der Waals surface area (Å²) in [5.41, 5.74) is 7.47. The van der Waals surface area contributed by atoms with Gasteiger partial charge in [0.15, 0.2) is 0 Å². The van der Waals surface area contributed by atoms with E-state index in [1.165, 1.54) is 22.8 Å². The molecule has 3 nitrogen and oxygen atoms in total. The van der Waals surface area contributed by atoms with Crippen molar-refractivity contribution < 1.29 is 4.39 Å². The average molecular weight is 436 g/mol. The third-order valence-electron chi connectivity index (χ3n) is 7.12. The normalized spacial score (nSPS) is 20.5. The van der Waals surface area contributed by atoms with E-state index in [0.717, 1.165) is 42.8 Å². The molecule has 33 heavy (non-hydrogen) atoms. The van der Waals surface area contributed by atoms with E-state index < -0.39 is 0 Å². The fourth-order valence-corrected chi connectivity index (χ4v) is 5.51. The third-order valence-corrected chi connectivity index (χ3v) is 7.12. The zero-order valence-corrected chi connectivity index (χ0v) is 18.4. The van der Waals surface area contributed by atoms with Gasteiger partial charge in [0, 0.05) is 54.4 Å². The molecule has 0 bridgehead atoms. The molecule has 2 atom stereocenters. The minimum atomic E-state index is -0.216. The van der Waals surface area contributed by atoms with Gasteiger partial charge in [-0.3, -0.25) is 9.88 Å². The lowest BCUT2D eigenvalue weighted by Crippen LogP contribution is -2.32. The molecule has 2 aromatic carbocycles. The maximum absolute atomic E-state index is 14.7. The van der Waals surface area contributed by atoms with E-state index in [2.05, 4.69) is 57.5 Å². The van der Waals surface area contributed by atoms with E-state index in [1.807, 2.05) is 24.3 Å². The topological polar surface area (TPSA) is 31.9 Å². The molecule has 0 saturated carbocycles. The summed E-state index contributed by atoms with van der Waals surface area (Å²) in [7, 11) is 0. The van der Waals surface area contributed by atoms with Crippen molar-refractivity contribution in [1.82, 2.24) is 14.9 Å². The Morgan fingerprint density at radius 2 is 1.70 bits per heavy atom. The van der Waals surface area contributed by atoms with Gasteiger partial charge in [0.2, 0.25) is 0 Å². The van der Waals surface area contributed by atoms with Crippen LogP contribution in [0, 0.1) is 5.82 Å². The Bertz CT molecular complexity index is 1290. The molecule has 2 unspecified atom stereocenters. The molecule has 1 N–H and O–H groups in total. The van der Waals surface area contributed by atoms with Gasteiger partial charge in [0.05, 0.1) is 5.69 Å². The highest BCUT2D eigenvalue weighted by Gasteiger charge is 2.34. The first kappa shape index (κ1) is 20.1. The van der Waals surface area contributed by atoms with Gasteiger partial charge in [-0.1, -0.05) is 48.5 Å². The number of hydrogen-bond donors (Lipinski definition) is 1. The van der Waals surface area contributed by atoms with Crippen LogP contribution in [0.15, 0.2) is 91.4 Å². The summed E-state index contributed by atoms with van der Waals surface area (Å²) in [6.07, 6.45) is 10.2. The summed E-state index contributed by atoms with van der Waals surface area (Å²) in [6.45, 7) is 2.17. The fraction of sp³-hybridized carbons (Fsp3) is 0.207. The predicted octanol–water partition coefficient (Wildman–Crippen LogP) is 6.53. The van der Waals surface area contributed by atoms with Crippen molar-refractivity contribution in [1.29, 1.82) is 0 Å². The summed E-state index contributed by atoms with van der Waals surface area (Å²) < 4.78 is 14.7. The van der Waals surface area contributed by atoms with Gasteiger partial charge in [0.1, 0.15) is 5.82 Å². The maximum Gasteiger partial charge on any atom is 0.132 e. The zero-order valence-electron chi connectivity index (χ0n) is 18.4. The molecule has 6 rings (SSSR count). The molecular formula is C29H26FN3. The number of benzene rings is 2. The van der Waals surface area contributed by atoms with Gasteiger partial charge in [-0.25, -0.2) is 4.39 Å². The van der Waals surface area contributed by atoms with Gasteiger partial charge < -0.3 is 4.98 Å². The largest absolute Gasteiger partial charge is 0.360 e. The van der Waals surface area contributed by atoms with Crippen molar-refractivity contribution in [3.8, 4) is 22.4 Å². The number of nitrogens with one attached hydrogen (secondary N) is 1. The van der Waals surface area contributed by atoms with Crippen LogP contribution in [0.1, 0.15) is 29.9 Å². The molecule has 1 saturated heterocycles. The van der Waals surface area contributed by atoms with Crippen LogP contribution in [0.4, 0.5) is 4.39 Å². The van der Waals surface area contributed by atoms with Gasteiger partial charge in [0.25, 0.3) is 0 Å². The number of aromatic amines is 1. The Kier molecular flexibility index (Phi) is 5.16. The average Bonchev–Trinajstić information content (AvgIpc) is 3.50.